The fraction of sp³-hybridized carbons (Fsp3) is 0.381. The van der Waals surface area contributed by atoms with Gasteiger partial charge in [-0.3, -0.25) is 4.79 Å². The Bertz CT molecular complexity index is 910. The van der Waals surface area contributed by atoms with E-state index in [-0.39, 0.29) is 17.8 Å². The Balaban J connectivity index is 1.61. The molecule has 7 heteroatoms. The molecule has 1 aliphatic heterocycles. The molecule has 0 radical (unpaired) electrons. The van der Waals surface area contributed by atoms with E-state index in [1.807, 2.05) is 51.1 Å². The van der Waals surface area contributed by atoms with Gasteiger partial charge in [0, 0.05) is 12.2 Å². The fourth-order valence-electron chi connectivity index (χ4n) is 3.07. The number of hydrogen-bond acceptors (Lipinski definition) is 6. The zero-order valence-electron chi connectivity index (χ0n) is 16.3. The second-order valence-electron chi connectivity index (χ2n) is 6.59. The van der Waals surface area contributed by atoms with E-state index in [4.69, 9.17) is 9.47 Å². The molecule has 2 heterocycles. The normalized spacial score (nSPS) is 15.0. The number of aryl methyl sites for hydroxylation is 2. The molecule has 0 bridgehead atoms. The van der Waals surface area contributed by atoms with Crippen molar-refractivity contribution < 1.29 is 14.3 Å². The number of para-hydroxylation sites is 2. The summed E-state index contributed by atoms with van der Waals surface area (Å²) in [6.45, 7) is 7.15. The van der Waals surface area contributed by atoms with E-state index in [0.29, 0.717) is 36.0 Å². The van der Waals surface area contributed by atoms with Gasteiger partial charge in [0.2, 0.25) is 5.91 Å². The van der Waals surface area contributed by atoms with Crippen LogP contribution in [0.1, 0.15) is 23.7 Å². The van der Waals surface area contributed by atoms with E-state index < -0.39 is 0 Å². The Morgan fingerprint density at radius 3 is 2.82 bits per heavy atom. The maximum atomic E-state index is 12.7. The number of hydrogen-bond donors (Lipinski definition) is 0. The van der Waals surface area contributed by atoms with E-state index in [1.165, 1.54) is 11.8 Å². The van der Waals surface area contributed by atoms with Gasteiger partial charge in [-0.05, 0) is 44.5 Å². The van der Waals surface area contributed by atoms with Crippen LogP contribution in [0, 0.1) is 25.2 Å². The Labute approximate surface area is 169 Å². The predicted molar refractivity (Wildman–Crippen MR) is 108 cm³/mol. The second-order valence-corrected chi connectivity index (χ2v) is 7.56. The lowest BCUT2D eigenvalue weighted by Crippen LogP contribution is -2.44. The summed E-state index contributed by atoms with van der Waals surface area (Å²) < 4.78 is 11.7. The van der Waals surface area contributed by atoms with Gasteiger partial charge in [-0.25, -0.2) is 4.98 Å². The third-order valence-electron chi connectivity index (χ3n) is 4.48. The lowest BCUT2D eigenvalue weighted by Gasteiger charge is -2.30. The maximum absolute atomic E-state index is 12.7. The molecular formula is C21H23N3O3S. The minimum absolute atomic E-state index is 0.0141. The highest BCUT2D eigenvalue weighted by Gasteiger charge is 2.25. The van der Waals surface area contributed by atoms with Crippen LogP contribution in [-0.2, 0) is 4.79 Å². The van der Waals surface area contributed by atoms with Crippen LogP contribution >= 0.6 is 11.8 Å². The Morgan fingerprint density at radius 2 is 2.11 bits per heavy atom. The van der Waals surface area contributed by atoms with Crippen LogP contribution in [0.2, 0.25) is 0 Å². The van der Waals surface area contributed by atoms with E-state index in [1.54, 1.807) is 4.90 Å². The number of nitriles is 1. The molecule has 2 aromatic rings. The predicted octanol–water partition coefficient (Wildman–Crippen LogP) is 3.35. The Kier molecular flexibility index (Phi) is 6.42. The second kappa shape index (κ2) is 8.98. The molecule has 1 unspecified atom stereocenters. The molecule has 0 spiro atoms. The number of carbonyl (C=O) groups excluding carboxylic acids is 1. The standard InChI is InChI=1S/C21H23N3O3S/c1-4-24(11-16-12-26-18-7-5-6-8-19(18)27-16)20(25)13-28-21-17(10-22)14(2)9-15(3)23-21/h5-9,16H,4,11-13H2,1-3H3. The summed E-state index contributed by atoms with van der Waals surface area (Å²) in [4.78, 5) is 18.9. The van der Waals surface area contributed by atoms with Crippen LogP contribution in [0.3, 0.4) is 0 Å². The van der Waals surface area contributed by atoms with Gasteiger partial charge in [-0.2, -0.15) is 5.26 Å². The van der Waals surface area contributed by atoms with Crippen molar-refractivity contribution in [3.8, 4) is 17.6 Å². The number of aromatic nitrogens is 1. The van der Waals surface area contributed by atoms with E-state index in [2.05, 4.69) is 11.1 Å². The van der Waals surface area contributed by atoms with Crippen molar-refractivity contribution in [3.63, 3.8) is 0 Å². The monoisotopic (exact) mass is 397 g/mol. The lowest BCUT2D eigenvalue weighted by atomic mass is 10.1. The number of nitrogens with zero attached hydrogens (tertiary/aromatic N) is 3. The number of ether oxygens (including phenoxy) is 2. The molecule has 0 aliphatic carbocycles. The molecule has 0 N–H and O–H groups in total. The Hall–Kier alpha value is -2.72. The molecule has 1 aromatic heterocycles. The highest BCUT2D eigenvalue weighted by Crippen LogP contribution is 2.31. The summed E-state index contributed by atoms with van der Waals surface area (Å²) in [5, 5.41) is 9.99. The van der Waals surface area contributed by atoms with Crippen LogP contribution in [0.15, 0.2) is 35.4 Å². The average molecular weight is 398 g/mol. The summed E-state index contributed by atoms with van der Waals surface area (Å²) in [5.74, 6) is 1.64. The molecule has 0 saturated carbocycles. The third kappa shape index (κ3) is 4.57. The first-order chi connectivity index (χ1) is 13.5. The largest absolute Gasteiger partial charge is 0.486 e. The molecule has 28 heavy (non-hydrogen) atoms. The topological polar surface area (TPSA) is 75.5 Å². The summed E-state index contributed by atoms with van der Waals surface area (Å²) in [6.07, 6.45) is -0.210. The molecule has 0 saturated heterocycles. The number of carbonyl (C=O) groups is 1. The van der Waals surface area contributed by atoms with Crippen molar-refractivity contribution in [2.75, 3.05) is 25.4 Å². The lowest BCUT2D eigenvalue weighted by molar-refractivity contribution is -0.129. The third-order valence-corrected chi connectivity index (χ3v) is 5.44. The number of thioether (sulfide) groups is 1. The molecule has 1 aromatic carbocycles. The summed E-state index contributed by atoms with van der Waals surface area (Å²) in [5.41, 5.74) is 2.25. The highest BCUT2D eigenvalue weighted by atomic mass is 32.2. The van der Waals surface area contributed by atoms with Crippen LogP contribution in [0.4, 0.5) is 0 Å². The first-order valence-corrected chi connectivity index (χ1v) is 10.2. The number of rotatable bonds is 6. The van der Waals surface area contributed by atoms with Crippen molar-refractivity contribution in [1.82, 2.24) is 9.88 Å². The first-order valence-electron chi connectivity index (χ1n) is 9.19. The van der Waals surface area contributed by atoms with Gasteiger partial charge < -0.3 is 14.4 Å². The molecule has 6 nitrogen and oxygen atoms in total. The van der Waals surface area contributed by atoms with Crippen molar-refractivity contribution in [2.24, 2.45) is 0 Å². The van der Waals surface area contributed by atoms with Gasteiger partial charge in [-0.1, -0.05) is 23.9 Å². The zero-order chi connectivity index (χ0) is 20.1. The maximum Gasteiger partial charge on any atom is 0.233 e. The summed E-state index contributed by atoms with van der Waals surface area (Å²) >= 11 is 1.31. The smallest absolute Gasteiger partial charge is 0.233 e. The van der Waals surface area contributed by atoms with Gasteiger partial charge in [0.15, 0.2) is 17.6 Å². The first kappa shape index (κ1) is 20.0. The van der Waals surface area contributed by atoms with E-state index in [0.717, 1.165) is 17.0 Å². The molecular weight excluding hydrogens is 374 g/mol. The number of fused-ring (bicyclic) bond motifs is 1. The van der Waals surface area contributed by atoms with Crippen molar-refractivity contribution in [1.29, 1.82) is 5.26 Å². The minimum atomic E-state index is -0.210. The molecule has 1 amide bonds. The van der Waals surface area contributed by atoms with Gasteiger partial charge in [0.05, 0.1) is 17.9 Å². The van der Waals surface area contributed by atoms with Crippen molar-refractivity contribution >= 4 is 17.7 Å². The molecule has 3 rings (SSSR count). The van der Waals surface area contributed by atoms with E-state index in [9.17, 15) is 10.1 Å². The number of likely N-dealkylation sites (N-methyl/N-ethyl adjacent to an activating group) is 1. The summed E-state index contributed by atoms with van der Waals surface area (Å²) in [6, 6.07) is 11.6. The SMILES string of the molecule is CCN(CC1COc2ccccc2O1)C(=O)CSc1nc(C)cc(C)c1C#N. The zero-order valence-corrected chi connectivity index (χ0v) is 17.1. The van der Waals surface area contributed by atoms with Crippen molar-refractivity contribution in [3.05, 3.63) is 47.2 Å². The van der Waals surface area contributed by atoms with Gasteiger partial charge >= 0.3 is 0 Å². The van der Waals surface area contributed by atoms with Crippen LogP contribution in [0.5, 0.6) is 11.5 Å². The average Bonchev–Trinajstić information content (AvgIpc) is 2.69. The minimum Gasteiger partial charge on any atom is -0.486 e. The number of amides is 1. The molecule has 1 atom stereocenters. The number of benzene rings is 1. The van der Waals surface area contributed by atoms with Crippen LogP contribution in [0.25, 0.3) is 0 Å². The van der Waals surface area contributed by atoms with E-state index >= 15 is 0 Å². The van der Waals surface area contributed by atoms with Gasteiger partial charge in [0.1, 0.15) is 17.7 Å². The molecule has 1 aliphatic rings. The summed E-state index contributed by atoms with van der Waals surface area (Å²) in [7, 11) is 0. The van der Waals surface area contributed by atoms with Crippen LogP contribution in [-0.4, -0.2) is 47.3 Å². The van der Waals surface area contributed by atoms with Crippen LogP contribution < -0.4 is 9.47 Å². The number of pyridine rings is 1. The highest BCUT2D eigenvalue weighted by molar-refractivity contribution is 8.00. The molecule has 0 fully saturated rings. The fourth-order valence-corrected chi connectivity index (χ4v) is 4.07. The van der Waals surface area contributed by atoms with Gasteiger partial charge in [-0.15, -0.1) is 0 Å². The Morgan fingerprint density at radius 1 is 1.36 bits per heavy atom. The van der Waals surface area contributed by atoms with Gasteiger partial charge in [0.25, 0.3) is 0 Å². The molecule has 146 valence electrons. The van der Waals surface area contributed by atoms with Crippen molar-refractivity contribution in [2.45, 2.75) is 31.9 Å². The quantitative estimate of drug-likeness (QED) is 0.696.